The number of aryl methyl sites for hydroxylation is 3. The van der Waals surface area contributed by atoms with Crippen LogP contribution < -0.4 is 5.32 Å². The molecule has 3 aromatic rings. The molecule has 1 saturated heterocycles. The third-order valence-electron chi connectivity index (χ3n) is 5.60. The van der Waals surface area contributed by atoms with Crippen molar-refractivity contribution in [1.29, 1.82) is 0 Å². The van der Waals surface area contributed by atoms with Gasteiger partial charge in [-0.25, -0.2) is 9.79 Å². The van der Waals surface area contributed by atoms with Crippen LogP contribution in [-0.4, -0.2) is 28.2 Å². The minimum Gasteiger partial charge on any atom is -0.462 e. The number of hydrogen-bond donors (Lipinski definition) is 1. The fraction of sp³-hybridized carbons (Fsp3) is 0.222. The Kier molecular flexibility index (Phi) is 6.75. The zero-order valence-corrected chi connectivity index (χ0v) is 20.7. The second-order valence-corrected chi connectivity index (χ2v) is 9.24. The number of nitrogens with zero attached hydrogens (tertiary/aromatic N) is 2. The Morgan fingerprint density at radius 2 is 1.91 bits per heavy atom. The summed E-state index contributed by atoms with van der Waals surface area (Å²) in [7, 11) is 0. The molecule has 1 amide bonds. The number of thioether (sulfide) groups is 1. The van der Waals surface area contributed by atoms with Crippen LogP contribution in [0.4, 0.5) is 5.69 Å². The second-order valence-electron chi connectivity index (χ2n) is 8.20. The zero-order chi connectivity index (χ0) is 24.4. The largest absolute Gasteiger partial charge is 0.462 e. The van der Waals surface area contributed by atoms with Gasteiger partial charge in [-0.3, -0.25) is 4.79 Å². The molecule has 0 bridgehead atoms. The maximum absolute atomic E-state index is 12.6. The van der Waals surface area contributed by atoms with E-state index in [-0.39, 0.29) is 11.9 Å². The van der Waals surface area contributed by atoms with E-state index in [1.54, 1.807) is 13.0 Å². The van der Waals surface area contributed by atoms with Gasteiger partial charge in [-0.1, -0.05) is 23.8 Å². The Balaban J connectivity index is 1.63. The number of ether oxygens (including phenoxy) is 1. The van der Waals surface area contributed by atoms with E-state index in [2.05, 4.69) is 20.9 Å². The highest BCUT2D eigenvalue weighted by atomic mass is 32.2. The maximum Gasteiger partial charge on any atom is 0.338 e. The summed E-state index contributed by atoms with van der Waals surface area (Å²) in [6, 6.07) is 15.4. The van der Waals surface area contributed by atoms with E-state index >= 15 is 0 Å². The minimum absolute atomic E-state index is 0.164. The van der Waals surface area contributed by atoms with Gasteiger partial charge in [0.25, 0.3) is 5.91 Å². The van der Waals surface area contributed by atoms with Crippen LogP contribution in [0, 0.1) is 27.7 Å². The SMILES string of the molecule is CCOC(=O)c1cccc(-n2c(C)cc(/C=C3\SC(=Nc4ccc(C)cc4C)NC3=O)c2C)c1. The number of esters is 1. The number of aromatic nitrogens is 1. The predicted molar refractivity (Wildman–Crippen MR) is 138 cm³/mol. The van der Waals surface area contributed by atoms with Crippen LogP contribution in [0.2, 0.25) is 0 Å². The lowest BCUT2D eigenvalue weighted by molar-refractivity contribution is -0.115. The average Bonchev–Trinajstić information content (AvgIpc) is 3.28. The van der Waals surface area contributed by atoms with E-state index in [0.717, 1.165) is 33.9 Å². The van der Waals surface area contributed by atoms with Crippen molar-refractivity contribution in [2.24, 2.45) is 4.99 Å². The summed E-state index contributed by atoms with van der Waals surface area (Å²) in [4.78, 5) is 30.0. The van der Waals surface area contributed by atoms with Crippen LogP contribution in [0.15, 0.2) is 58.4 Å². The summed E-state index contributed by atoms with van der Waals surface area (Å²) in [6.45, 7) is 10.2. The molecule has 7 heteroatoms. The van der Waals surface area contributed by atoms with Crippen molar-refractivity contribution in [2.75, 3.05) is 6.61 Å². The van der Waals surface area contributed by atoms with Gasteiger partial charge < -0.3 is 14.6 Å². The van der Waals surface area contributed by atoms with Crippen LogP contribution in [0.25, 0.3) is 11.8 Å². The van der Waals surface area contributed by atoms with Gasteiger partial charge in [0, 0.05) is 17.1 Å². The Morgan fingerprint density at radius 1 is 1.12 bits per heavy atom. The molecule has 174 valence electrons. The molecule has 1 aliphatic rings. The Labute approximate surface area is 203 Å². The predicted octanol–water partition coefficient (Wildman–Crippen LogP) is 5.78. The molecule has 2 aromatic carbocycles. The minimum atomic E-state index is -0.344. The van der Waals surface area contributed by atoms with Gasteiger partial charge in [0.05, 0.1) is 22.8 Å². The van der Waals surface area contributed by atoms with Crippen molar-refractivity contribution in [3.8, 4) is 5.69 Å². The number of amides is 1. The van der Waals surface area contributed by atoms with Crippen LogP contribution in [-0.2, 0) is 9.53 Å². The zero-order valence-electron chi connectivity index (χ0n) is 19.9. The van der Waals surface area contributed by atoms with Crippen molar-refractivity contribution in [1.82, 2.24) is 9.88 Å². The van der Waals surface area contributed by atoms with Crippen molar-refractivity contribution in [3.63, 3.8) is 0 Å². The van der Waals surface area contributed by atoms with Gasteiger partial charge in [-0.15, -0.1) is 0 Å². The van der Waals surface area contributed by atoms with Crippen LogP contribution in [0.5, 0.6) is 0 Å². The molecule has 1 N–H and O–H groups in total. The lowest BCUT2D eigenvalue weighted by Crippen LogP contribution is -2.19. The number of amidine groups is 1. The molecule has 0 unspecified atom stereocenters. The second kappa shape index (κ2) is 9.73. The molecular weight excluding hydrogens is 446 g/mol. The molecule has 0 saturated carbocycles. The van der Waals surface area contributed by atoms with Gasteiger partial charge >= 0.3 is 5.97 Å². The Morgan fingerprint density at radius 3 is 2.65 bits per heavy atom. The Hall–Kier alpha value is -3.58. The number of carbonyl (C=O) groups excluding carboxylic acids is 2. The summed E-state index contributed by atoms with van der Waals surface area (Å²) >= 11 is 1.33. The first-order chi connectivity index (χ1) is 16.3. The summed E-state index contributed by atoms with van der Waals surface area (Å²) < 4.78 is 7.20. The fourth-order valence-electron chi connectivity index (χ4n) is 3.98. The smallest absolute Gasteiger partial charge is 0.338 e. The number of benzene rings is 2. The highest BCUT2D eigenvalue weighted by Gasteiger charge is 2.25. The van der Waals surface area contributed by atoms with E-state index in [0.29, 0.717) is 22.2 Å². The lowest BCUT2D eigenvalue weighted by Gasteiger charge is -2.11. The molecule has 6 nitrogen and oxygen atoms in total. The van der Waals surface area contributed by atoms with Gasteiger partial charge in [-0.2, -0.15) is 0 Å². The molecule has 4 rings (SSSR count). The Bertz CT molecular complexity index is 1350. The summed E-state index contributed by atoms with van der Waals surface area (Å²) in [5.74, 6) is -0.508. The summed E-state index contributed by atoms with van der Waals surface area (Å²) in [5, 5.41) is 3.44. The molecule has 0 aliphatic carbocycles. The molecule has 0 atom stereocenters. The van der Waals surface area contributed by atoms with Gasteiger partial charge in [0.2, 0.25) is 0 Å². The molecular formula is C27H27N3O3S. The van der Waals surface area contributed by atoms with E-state index in [4.69, 9.17) is 4.74 Å². The third kappa shape index (κ3) is 4.84. The van der Waals surface area contributed by atoms with Crippen LogP contribution in [0.1, 0.15) is 45.4 Å². The van der Waals surface area contributed by atoms with E-state index in [1.165, 1.54) is 17.3 Å². The molecule has 1 aliphatic heterocycles. The first-order valence-corrected chi connectivity index (χ1v) is 11.9. The van der Waals surface area contributed by atoms with Gasteiger partial charge in [0.15, 0.2) is 5.17 Å². The highest BCUT2D eigenvalue weighted by Crippen LogP contribution is 2.31. The van der Waals surface area contributed by atoms with Gasteiger partial charge in [0.1, 0.15) is 0 Å². The highest BCUT2D eigenvalue weighted by molar-refractivity contribution is 8.18. The number of hydrogen-bond acceptors (Lipinski definition) is 5. The van der Waals surface area contributed by atoms with Crippen molar-refractivity contribution in [2.45, 2.75) is 34.6 Å². The van der Waals surface area contributed by atoms with E-state index < -0.39 is 0 Å². The lowest BCUT2D eigenvalue weighted by atomic mass is 10.1. The molecule has 2 heterocycles. The number of carbonyl (C=O) groups is 2. The number of rotatable bonds is 5. The quantitative estimate of drug-likeness (QED) is 0.377. The molecule has 34 heavy (non-hydrogen) atoms. The molecule has 1 aromatic heterocycles. The molecule has 0 spiro atoms. The standard InChI is InChI=1S/C27H27N3O3S/c1-6-33-26(32)20-8-7-9-22(14-20)30-18(4)13-21(19(30)5)15-24-25(31)29-27(34-24)28-23-11-10-16(2)12-17(23)3/h7-15H,6H2,1-5H3,(H,28,29,31)/b24-15-. The van der Waals surface area contributed by atoms with E-state index in [9.17, 15) is 9.59 Å². The van der Waals surface area contributed by atoms with Crippen LogP contribution in [0.3, 0.4) is 0 Å². The van der Waals surface area contributed by atoms with Crippen molar-refractivity contribution >= 4 is 40.6 Å². The third-order valence-corrected chi connectivity index (χ3v) is 6.51. The monoisotopic (exact) mass is 473 g/mol. The topological polar surface area (TPSA) is 72.7 Å². The average molecular weight is 474 g/mol. The molecule has 1 fully saturated rings. The normalized spacial score (nSPS) is 15.7. The first kappa shape index (κ1) is 23.6. The molecule has 0 radical (unpaired) electrons. The van der Waals surface area contributed by atoms with Crippen molar-refractivity contribution in [3.05, 3.63) is 87.1 Å². The van der Waals surface area contributed by atoms with Crippen molar-refractivity contribution < 1.29 is 14.3 Å². The first-order valence-electron chi connectivity index (χ1n) is 11.1. The van der Waals surface area contributed by atoms with Gasteiger partial charge in [-0.05, 0) is 93.9 Å². The number of nitrogens with one attached hydrogen (secondary N) is 1. The summed E-state index contributed by atoms with van der Waals surface area (Å²) in [6.07, 6.45) is 1.89. The number of aliphatic imine (C=N–C) groups is 1. The van der Waals surface area contributed by atoms with E-state index in [1.807, 2.05) is 70.2 Å². The fourth-order valence-corrected chi connectivity index (χ4v) is 4.81. The summed E-state index contributed by atoms with van der Waals surface area (Å²) in [5.41, 5.74) is 7.35. The van der Waals surface area contributed by atoms with Crippen LogP contribution >= 0.6 is 11.8 Å². The maximum atomic E-state index is 12.6.